The summed E-state index contributed by atoms with van der Waals surface area (Å²) in [4.78, 5) is 11.0. The van der Waals surface area contributed by atoms with E-state index >= 15 is 0 Å². The third-order valence-electron chi connectivity index (χ3n) is 3.35. The smallest absolute Gasteiger partial charge is 0.221 e. The molecule has 0 saturated heterocycles. The van der Waals surface area contributed by atoms with Gasteiger partial charge in [0.25, 0.3) is 0 Å². The molecule has 0 aliphatic heterocycles. The zero-order valence-corrected chi connectivity index (χ0v) is 14.0. The van der Waals surface area contributed by atoms with Crippen LogP contribution in [-0.4, -0.2) is 30.3 Å². The molecule has 1 atom stereocenters. The van der Waals surface area contributed by atoms with Crippen LogP contribution in [0.25, 0.3) is 0 Å². The van der Waals surface area contributed by atoms with Crippen molar-refractivity contribution in [1.29, 1.82) is 0 Å². The van der Waals surface area contributed by atoms with E-state index in [1.165, 1.54) is 12.5 Å². The summed E-state index contributed by atoms with van der Waals surface area (Å²) < 4.78 is 11.1. The summed E-state index contributed by atoms with van der Waals surface area (Å²) in [5, 5.41) is 12.7. The van der Waals surface area contributed by atoms with Crippen molar-refractivity contribution in [1.82, 2.24) is 0 Å². The minimum atomic E-state index is -0.750. The zero-order chi connectivity index (χ0) is 17.4. The van der Waals surface area contributed by atoms with E-state index in [0.29, 0.717) is 11.4 Å². The van der Waals surface area contributed by atoms with Gasteiger partial charge in [-0.2, -0.15) is 0 Å². The van der Waals surface area contributed by atoms with Gasteiger partial charge in [-0.1, -0.05) is 25.1 Å². The summed E-state index contributed by atoms with van der Waals surface area (Å²) in [5.41, 5.74) is 1.84. The van der Waals surface area contributed by atoms with E-state index in [0.717, 1.165) is 12.2 Å². The highest BCUT2D eigenvalue weighted by Gasteiger charge is 2.07. The highest BCUT2D eigenvalue weighted by atomic mass is 16.5. The van der Waals surface area contributed by atoms with Crippen LogP contribution in [0.5, 0.6) is 11.5 Å². The van der Waals surface area contributed by atoms with Crippen molar-refractivity contribution in [2.75, 3.05) is 18.5 Å². The van der Waals surface area contributed by atoms with Gasteiger partial charge in [0.1, 0.15) is 30.8 Å². The van der Waals surface area contributed by atoms with Gasteiger partial charge in [0.2, 0.25) is 5.91 Å². The van der Waals surface area contributed by atoms with Crippen LogP contribution in [0.2, 0.25) is 0 Å². The number of carbonyl (C=O) groups is 1. The Morgan fingerprint density at radius 1 is 1.08 bits per heavy atom. The van der Waals surface area contributed by atoms with Gasteiger partial charge in [-0.05, 0) is 36.2 Å². The van der Waals surface area contributed by atoms with Crippen LogP contribution in [0, 0.1) is 0 Å². The molecule has 0 aliphatic rings. The molecule has 5 heteroatoms. The van der Waals surface area contributed by atoms with E-state index in [2.05, 4.69) is 12.2 Å². The van der Waals surface area contributed by atoms with Crippen LogP contribution in [0.15, 0.2) is 48.5 Å². The lowest BCUT2D eigenvalue weighted by atomic mass is 10.2. The third kappa shape index (κ3) is 5.93. The van der Waals surface area contributed by atoms with Gasteiger partial charge >= 0.3 is 0 Å². The predicted molar refractivity (Wildman–Crippen MR) is 93.6 cm³/mol. The first-order valence-corrected chi connectivity index (χ1v) is 7.97. The van der Waals surface area contributed by atoms with E-state index in [1.807, 2.05) is 24.3 Å². The van der Waals surface area contributed by atoms with Gasteiger partial charge in [-0.15, -0.1) is 0 Å². The summed E-state index contributed by atoms with van der Waals surface area (Å²) in [5.74, 6) is 1.17. The van der Waals surface area contributed by atoms with Gasteiger partial charge in [0, 0.05) is 18.7 Å². The molecule has 24 heavy (non-hydrogen) atoms. The molecule has 128 valence electrons. The van der Waals surface area contributed by atoms with Crippen molar-refractivity contribution < 1.29 is 19.4 Å². The van der Waals surface area contributed by atoms with Crippen LogP contribution >= 0.6 is 0 Å². The number of carbonyl (C=O) groups excluding carboxylic acids is 1. The first kappa shape index (κ1) is 17.8. The Labute approximate surface area is 142 Å². The Morgan fingerprint density at radius 2 is 1.71 bits per heavy atom. The Hall–Kier alpha value is -2.53. The van der Waals surface area contributed by atoms with Gasteiger partial charge in [-0.3, -0.25) is 4.79 Å². The topological polar surface area (TPSA) is 67.8 Å². The molecule has 2 aromatic carbocycles. The van der Waals surface area contributed by atoms with Crippen molar-refractivity contribution >= 4 is 11.6 Å². The Bertz CT molecular complexity index is 672. The lowest BCUT2D eigenvalue weighted by molar-refractivity contribution is -0.114. The fraction of sp³-hybridized carbons (Fsp3) is 0.316. The zero-order valence-electron chi connectivity index (χ0n) is 14.0. The van der Waals surface area contributed by atoms with Crippen LogP contribution in [0.4, 0.5) is 5.69 Å². The highest BCUT2D eigenvalue weighted by Crippen LogP contribution is 2.18. The average molecular weight is 329 g/mol. The summed E-state index contributed by atoms with van der Waals surface area (Å²) >= 11 is 0. The molecular formula is C19H23NO4. The number of aliphatic hydroxyl groups is 1. The molecular weight excluding hydrogens is 306 g/mol. The number of benzene rings is 2. The van der Waals surface area contributed by atoms with Crippen LogP contribution in [0.1, 0.15) is 19.4 Å². The number of ether oxygens (including phenoxy) is 2. The van der Waals surface area contributed by atoms with Crippen molar-refractivity contribution in [3.63, 3.8) is 0 Å². The maximum absolute atomic E-state index is 11.0. The van der Waals surface area contributed by atoms with Crippen LogP contribution < -0.4 is 14.8 Å². The minimum absolute atomic E-state index is 0.108. The maximum atomic E-state index is 11.0. The molecule has 0 aliphatic carbocycles. The molecule has 0 aromatic heterocycles. The van der Waals surface area contributed by atoms with E-state index in [9.17, 15) is 9.90 Å². The number of amides is 1. The molecule has 0 fully saturated rings. The van der Waals surface area contributed by atoms with Gasteiger partial charge in [0.15, 0.2) is 0 Å². The molecule has 5 nitrogen and oxygen atoms in total. The number of anilines is 1. The summed E-state index contributed by atoms with van der Waals surface area (Å²) in [6.45, 7) is 3.79. The second kappa shape index (κ2) is 8.93. The largest absolute Gasteiger partial charge is 0.491 e. The Kier molecular flexibility index (Phi) is 6.63. The number of aryl methyl sites for hydroxylation is 1. The lowest BCUT2D eigenvalue weighted by Gasteiger charge is -2.14. The summed E-state index contributed by atoms with van der Waals surface area (Å²) in [7, 11) is 0. The molecule has 0 spiro atoms. The molecule has 0 heterocycles. The standard InChI is InChI=1S/C19H23NO4/c1-3-15-6-4-8-18(10-15)23-12-17(22)13-24-19-9-5-7-16(11-19)20-14(2)21/h4-11,17,22H,3,12-13H2,1-2H3,(H,20,21). The second-order valence-electron chi connectivity index (χ2n) is 5.49. The molecule has 0 saturated carbocycles. The number of nitrogens with one attached hydrogen (secondary N) is 1. The van der Waals surface area contributed by atoms with E-state index < -0.39 is 6.10 Å². The van der Waals surface area contributed by atoms with E-state index in [4.69, 9.17) is 9.47 Å². The minimum Gasteiger partial charge on any atom is -0.491 e. The van der Waals surface area contributed by atoms with Crippen molar-refractivity contribution in [3.05, 3.63) is 54.1 Å². The third-order valence-corrected chi connectivity index (χ3v) is 3.35. The number of hydrogen-bond donors (Lipinski definition) is 2. The van der Waals surface area contributed by atoms with Crippen LogP contribution in [0.3, 0.4) is 0 Å². The first-order chi connectivity index (χ1) is 11.6. The number of aliphatic hydroxyl groups excluding tert-OH is 1. The molecule has 2 N–H and O–H groups in total. The average Bonchev–Trinajstić information content (AvgIpc) is 2.58. The number of rotatable bonds is 8. The fourth-order valence-corrected chi connectivity index (χ4v) is 2.16. The highest BCUT2D eigenvalue weighted by molar-refractivity contribution is 5.88. The second-order valence-corrected chi connectivity index (χ2v) is 5.49. The maximum Gasteiger partial charge on any atom is 0.221 e. The summed E-state index contributed by atoms with van der Waals surface area (Å²) in [6.07, 6.45) is 0.188. The molecule has 1 unspecified atom stereocenters. The Morgan fingerprint density at radius 3 is 2.33 bits per heavy atom. The SMILES string of the molecule is CCc1cccc(OCC(O)COc2cccc(NC(C)=O)c2)c1. The molecule has 0 bridgehead atoms. The molecule has 0 radical (unpaired) electrons. The fourth-order valence-electron chi connectivity index (χ4n) is 2.16. The van der Waals surface area contributed by atoms with E-state index in [-0.39, 0.29) is 19.1 Å². The predicted octanol–water partition coefficient (Wildman–Crippen LogP) is 3.03. The van der Waals surface area contributed by atoms with Gasteiger partial charge in [0.05, 0.1) is 0 Å². The molecule has 2 aromatic rings. The van der Waals surface area contributed by atoms with Gasteiger partial charge in [-0.25, -0.2) is 0 Å². The first-order valence-electron chi connectivity index (χ1n) is 7.97. The normalized spacial score (nSPS) is 11.6. The molecule has 1 amide bonds. The number of hydrogen-bond acceptors (Lipinski definition) is 4. The monoisotopic (exact) mass is 329 g/mol. The molecule has 2 rings (SSSR count). The van der Waals surface area contributed by atoms with Crippen molar-refractivity contribution in [2.45, 2.75) is 26.4 Å². The van der Waals surface area contributed by atoms with Crippen molar-refractivity contribution in [3.8, 4) is 11.5 Å². The quantitative estimate of drug-likeness (QED) is 0.781. The Balaban J connectivity index is 1.80. The lowest BCUT2D eigenvalue weighted by Crippen LogP contribution is -2.25. The van der Waals surface area contributed by atoms with Gasteiger partial charge < -0.3 is 19.9 Å². The van der Waals surface area contributed by atoms with E-state index in [1.54, 1.807) is 24.3 Å². The summed E-state index contributed by atoms with van der Waals surface area (Å²) in [6, 6.07) is 14.8. The van der Waals surface area contributed by atoms with Crippen LogP contribution in [-0.2, 0) is 11.2 Å². The van der Waals surface area contributed by atoms with Crippen molar-refractivity contribution in [2.24, 2.45) is 0 Å².